The van der Waals surface area contributed by atoms with Crippen LogP contribution in [0.1, 0.15) is 35.4 Å². The monoisotopic (exact) mass is 446 g/mol. The van der Waals surface area contributed by atoms with Crippen LogP contribution in [0, 0.1) is 0 Å². The van der Waals surface area contributed by atoms with Crippen LogP contribution in [0.4, 0.5) is 0 Å². The average Bonchev–Trinajstić information content (AvgIpc) is 2.89. The number of rotatable bonds is 6. The quantitative estimate of drug-likeness (QED) is 0.487. The van der Waals surface area contributed by atoms with E-state index in [1.807, 2.05) is 18.2 Å². The second-order valence-corrected chi connectivity index (χ2v) is 7.46. The first kappa shape index (κ1) is 22.3. The molecule has 6 nitrogen and oxygen atoms in total. The Balaban J connectivity index is 0.00000256. The molecule has 1 aromatic heterocycles. The highest BCUT2D eigenvalue weighted by Gasteiger charge is 2.25. The van der Waals surface area contributed by atoms with Gasteiger partial charge in [-0.3, -0.25) is 14.6 Å². The van der Waals surface area contributed by atoms with Gasteiger partial charge in [0.05, 0.1) is 5.56 Å². The van der Waals surface area contributed by atoms with Gasteiger partial charge in [0.15, 0.2) is 5.82 Å². The molecule has 0 spiro atoms. The van der Waals surface area contributed by atoms with Crippen LogP contribution in [0.3, 0.4) is 0 Å². The molecular formula is C22H24Cl2N4O2. The van der Waals surface area contributed by atoms with Crippen LogP contribution >= 0.6 is 24.0 Å². The van der Waals surface area contributed by atoms with Crippen molar-refractivity contribution in [3.63, 3.8) is 0 Å². The van der Waals surface area contributed by atoms with E-state index in [4.69, 9.17) is 16.3 Å². The number of hydrogen-bond donors (Lipinski definition) is 0. The minimum absolute atomic E-state index is 0. The number of para-hydroxylation sites is 1. The number of hydrogen-bond acceptors (Lipinski definition) is 5. The highest BCUT2D eigenvalue weighted by molar-refractivity contribution is 6.30. The zero-order valence-corrected chi connectivity index (χ0v) is 18.1. The lowest BCUT2D eigenvalue weighted by Crippen LogP contribution is -2.32. The molecule has 30 heavy (non-hydrogen) atoms. The molecule has 0 N–H and O–H groups in total. The van der Waals surface area contributed by atoms with Gasteiger partial charge in [-0.25, -0.2) is 9.97 Å². The van der Waals surface area contributed by atoms with E-state index < -0.39 is 0 Å². The smallest absolute Gasteiger partial charge is 0.262 e. The molecule has 0 unspecified atom stereocenters. The number of benzene rings is 1. The van der Waals surface area contributed by atoms with Crippen LogP contribution in [0.25, 0.3) is 5.57 Å². The van der Waals surface area contributed by atoms with E-state index in [9.17, 15) is 4.79 Å². The van der Waals surface area contributed by atoms with Crippen molar-refractivity contribution in [2.45, 2.75) is 19.3 Å². The molecule has 0 radical (unpaired) electrons. The molecule has 2 aromatic rings. The molecule has 1 aromatic carbocycles. The molecule has 0 saturated carbocycles. The van der Waals surface area contributed by atoms with Crippen LogP contribution in [-0.2, 0) is 0 Å². The summed E-state index contributed by atoms with van der Waals surface area (Å²) in [6.07, 6.45) is 10.0. The third-order valence-electron chi connectivity index (χ3n) is 5.16. The summed E-state index contributed by atoms with van der Waals surface area (Å²) in [7, 11) is 0. The van der Waals surface area contributed by atoms with E-state index in [0.29, 0.717) is 23.0 Å². The Labute approximate surface area is 187 Å². The number of halogens is 2. The Bertz CT molecular complexity index is 934. The van der Waals surface area contributed by atoms with E-state index >= 15 is 0 Å². The Kier molecular flexibility index (Phi) is 7.85. The fraction of sp³-hybridized carbons (Fsp3) is 0.318. The first-order valence-electron chi connectivity index (χ1n) is 9.84. The molecule has 4 rings (SSSR count). The molecule has 0 bridgehead atoms. The van der Waals surface area contributed by atoms with E-state index in [1.54, 1.807) is 29.4 Å². The van der Waals surface area contributed by atoms with E-state index in [-0.39, 0.29) is 18.3 Å². The molecule has 0 atom stereocenters. The Morgan fingerprint density at radius 2 is 1.83 bits per heavy atom. The number of aromatic nitrogens is 2. The van der Waals surface area contributed by atoms with E-state index in [1.165, 1.54) is 11.8 Å². The van der Waals surface area contributed by atoms with Gasteiger partial charge in [-0.05, 0) is 49.6 Å². The summed E-state index contributed by atoms with van der Waals surface area (Å²) in [5, 5.41) is 0.319. The number of carbonyl (C=O) groups is 1. The van der Waals surface area contributed by atoms with E-state index in [0.717, 1.165) is 44.7 Å². The van der Waals surface area contributed by atoms with Crippen LogP contribution in [0.15, 0.2) is 60.2 Å². The Morgan fingerprint density at radius 1 is 1.07 bits per heavy atom. The Morgan fingerprint density at radius 3 is 2.60 bits per heavy atom. The summed E-state index contributed by atoms with van der Waals surface area (Å²) in [4.78, 5) is 25.5. The molecule has 2 aliphatic rings. The second kappa shape index (κ2) is 10.6. The molecule has 0 aliphatic carbocycles. The molecule has 2 aliphatic heterocycles. The molecule has 8 heteroatoms. The van der Waals surface area contributed by atoms with E-state index in [2.05, 4.69) is 20.9 Å². The zero-order chi connectivity index (χ0) is 20.1. The number of carbonyl (C=O) groups excluding carboxylic acids is 1. The van der Waals surface area contributed by atoms with Crippen molar-refractivity contribution in [2.24, 2.45) is 0 Å². The van der Waals surface area contributed by atoms with Gasteiger partial charge >= 0.3 is 0 Å². The first-order chi connectivity index (χ1) is 14.2. The summed E-state index contributed by atoms with van der Waals surface area (Å²) < 4.78 is 5.53. The van der Waals surface area contributed by atoms with Crippen molar-refractivity contribution in [3.8, 4) is 5.75 Å². The fourth-order valence-electron chi connectivity index (χ4n) is 3.56. The van der Waals surface area contributed by atoms with Gasteiger partial charge in [-0.1, -0.05) is 29.8 Å². The minimum atomic E-state index is -0.118. The third kappa shape index (κ3) is 5.19. The van der Waals surface area contributed by atoms with Gasteiger partial charge in [0.1, 0.15) is 17.2 Å². The lowest BCUT2D eigenvalue weighted by atomic mass is 10.1. The summed E-state index contributed by atoms with van der Waals surface area (Å²) >= 11 is 6.29. The fourth-order valence-corrected chi connectivity index (χ4v) is 3.77. The number of ether oxygens (including phenoxy) is 1. The van der Waals surface area contributed by atoms with Crippen LogP contribution < -0.4 is 4.74 Å². The number of fused-ring (bicyclic) bond motifs is 1. The van der Waals surface area contributed by atoms with Gasteiger partial charge < -0.3 is 4.74 Å². The van der Waals surface area contributed by atoms with Crippen LogP contribution in [0.2, 0.25) is 0 Å². The van der Waals surface area contributed by atoms with Gasteiger partial charge in [0.25, 0.3) is 5.91 Å². The maximum absolute atomic E-state index is 12.8. The largest absolute Gasteiger partial charge is 0.461 e. The molecule has 3 heterocycles. The summed E-state index contributed by atoms with van der Waals surface area (Å²) in [6, 6.07) is 9.04. The van der Waals surface area contributed by atoms with Crippen molar-refractivity contribution in [1.82, 2.24) is 19.8 Å². The number of amides is 1. The lowest BCUT2D eigenvalue weighted by molar-refractivity contribution is 0.0814. The van der Waals surface area contributed by atoms with Crippen molar-refractivity contribution >= 4 is 35.5 Å². The minimum Gasteiger partial charge on any atom is -0.461 e. The SMILES string of the molecule is Cl.O=C1c2ccccc2OC=C(Cl)N1CCCCN1CC=C(c2ncccn2)CC1. The summed E-state index contributed by atoms with van der Waals surface area (Å²) in [6.45, 7) is 3.45. The third-order valence-corrected chi connectivity index (χ3v) is 5.45. The molecule has 0 fully saturated rings. The predicted octanol–water partition coefficient (Wildman–Crippen LogP) is 4.34. The van der Waals surface area contributed by atoms with Gasteiger partial charge in [0, 0.05) is 32.0 Å². The predicted molar refractivity (Wildman–Crippen MR) is 120 cm³/mol. The second-order valence-electron chi connectivity index (χ2n) is 7.07. The van der Waals surface area contributed by atoms with Crippen LogP contribution in [0.5, 0.6) is 5.75 Å². The zero-order valence-electron chi connectivity index (χ0n) is 16.5. The van der Waals surface area contributed by atoms with Crippen molar-refractivity contribution in [1.29, 1.82) is 0 Å². The topological polar surface area (TPSA) is 58.6 Å². The number of unbranched alkanes of at least 4 members (excludes halogenated alkanes) is 1. The maximum Gasteiger partial charge on any atom is 0.262 e. The molecule has 0 saturated heterocycles. The molecule has 1 amide bonds. The van der Waals surface area contributed by atoms with Gasteiger partial charge in [-0.2, -0.15) is 0 Å². The van der Waals surface area contributed by atoms with Crippen molar-refractivity contribution < 1.29 is 9.53 Å². The lowest BCUT2D eigenvalue weighted by Gasteiger charge is -2.26. The van der Waals surface area contributed by atoms with Crippen molar-refractivity contribution in [3.05, 3.63) is 71.6 Å². The van der Waals surface area contributed by atoms with Gasteiger partial charge in [0.2, 0.25) is 0 Å². The van der Waals surface area contributed by atoms with Gasteiger partial charge in [-0.15, -0.1) is 12.4 Å². The Hall–Kier alpha value is -2.41. The molecule has 158 valence electrons. The summed E-state index contributed by atoms with van der Waals surface area (Å²) in [5.74, 6) is 1.25. The van der Waals surface area contributed by atoms with Crippen LogP contribution in [-0.4, -0.2) is 51.9 Å². The average molecular weight is 447 g/mol. The standard InChI is InChI=1S/C22H23ClN4O2.ClH/c23-20-16-29-19-7-2-1-6-18(19)22(28)27(20)13-4-3-12-26-14-8-17(9-15-26)21-24-10-5-11-25-21;/h1-2,5-8,10-11,16H,3-4,9,12-15H2;1H. The number of nitrogens with zero attached hydrogens (tertiary/aromatic N) is 4. The highest BCUT2D eigenvalue weighted by Crippen LogP contribution is 2.27. The molecular weight excluding hydrogens is 423 g/mol. The first-order valence-corrected chi connectivity index (χ1v) is 10.2. The van der Waals surface area contributed by atoms with Crippen molar-refractivity contribution in [2.75, 3.05) is 26.2 Å². The summed E-state index contributed by atoms with van der Waals surface area (Å²) in [5.41, 5.74) is 1.75. The normalized spacial score (nSPS) is 16.6. The maximum atomic E-state index is 12.8. The highest BCUT2D eigenvalue weighted by atomic mass is 35.5.